The van der Waals surface area contributed by atoms with Crippen molar-refractivity contribution in [2.45, 2.75) is 32.2 Å². The first-order chi connectivity index (χ1) is 11.5. The lowest BCUT2D eigenvalue weighted by atomic mass is 10.1. The van der Waals surface area contributed by atoms with Crippen LogP contribution in [0.5, 0.6) is 0 Å². The lowest BCUT2D eigenvalue weighted by Crippen LogP contribution is -2.28. The number of carbonyl (C=O) groups is 2. The minimum Gasteiger partial charge on any atom is -0.349 e. The van der Waals surface area contributed by atoms with Crippen molar-refractivity contribution < 1.29 is 14.0 Å². The van der Waals surface area contributed by atoms with Crippen molar-refractivity contribution >= 4 is 28.3 Å². The first-order valence-corrected chi connectivity index (χ1v) is 8.70. The van der Waals surface area contributed by atoms with Crippen LogP contribution in [0.2, 0.25) is 0 Å². The quantitative estimate of drug-likeness (QED) is 0.905. The second-order valence-corrected chi connectivity index (χ2v) is 6.62. The Labute approximate surface area is 143 Å². The highest BCUT2D eigenvalue weighted by atomic mass is 32.1. The number of carbonyl (C=O) groups excluding carboxylic acids is 2. The van der Waals surface area contributed by atoms with Gasteiger partial charge in [0.2, 0.25) is 11.8 Å². The van der Waals surface area contributed by atoms with E-state index in [4.69, 9.17) is 0 Å². The molecule has 1 aromatic carbocycles. The van der Waals surface area contributed by atoms with Gasteiger partial charge in [0.25, 0.3) is 0 Å². The van der Waals surface area contributed by atoms with Crippen LogP contribution in [0.1, 0.15) is 37.1 Å². The molecule has 0 saturated carbocycles. The molecule has 1 atom stereocenters. The number of rotatable bonds is 5. The van der Waals surface area contributed by atoms with E-state index in [0.29, 0.717) is 23.8 Å². The van der Waals surface area contributed by atoms with Gasteiger partial charge in [0.1, 0.15) is 5.82 Å². The van der Waals surface area contributed by atoms with E-state index in [1.54, 1.807) is 17.0 Å². The molecule has 1 aromatic heterocycles. The zero-order valence-electron chi connectivity index (χ0n) is 13.3. The fourth-order valence-electron chi connectivity index (χ4n) is 2.64. The summed E-state index contributed by atoms with van der Waals surface area (Å²) in [5.41, 5.74) is 1.49. The standard InChI is InChI=1S/C17H18FN3O2S/c1-11(12-4-6-13(18)7-5-12)19-15(22)9-14-10-24-17(20-14)21-8-2-3-16(21)23/h4-7,10-11H,2-3,8-9H2,1H3,(H,19,22). The molecule has 1 unspecified atom stereocenters. The van der Waals surface area contributed by atoms with Crippen LogP contribution in [-0.4, -0.2) is 23.3 Å². The zero-order valence-corrected chi connectivity index (χ0v) is 14.1. The maximum absolute atomic E-state index is 12.9. The van der Waals surface area contributed by atoms with E-state index in [0.717, 1.165) is 12.0 Å². The van der Waals surface area contributed by atoms with E-state index in [1.165, 1.54) is 23.5 Å². The second kappa shape index (κ2) is 7.09. The monoisotopic (exact) mass is 347 g/mol. The van der Waals surface area contributed by atoms with E-state index in [2.05, 4.69) is 10.3 Å². The Morgan fingerprint density at radius 2 is 2.17 bits per heavy atom. The van der Waals surface area contributed by atoms with Crippen LogP contribution in [0.4, 0.5) is 9.52 Å². The normalized spacial score (nSPS) is 15.6. The average molecular weight is 347 g/mol. The molecule has 1 saturated heterocycles. The molecule has 0 radical (unpaired) electrons. The van der Waals surface area contributed by atoms with Crippen LogP contribution in [0.3, 0.4) is 0 Å². The maximum atomic E-state index is 12.9. The lowest BCUT2D eigenvalue weighted by molar-refractivity contribution is -0.121. The number of aromatic nitrogens is 1. The Morgan fingerprint density at radius 3 is 2.83 bits per heavy atom. The molecule has 1 aliphatic heterocycles. The molecule has 1 N–H and O–H groups in total. The molecule has 24 heavy (non-hydrogen) atoms. The number of halogens is 1. The highest BCUT2D eigenvalue weighted by Gasteiger charge is 2.24. The molecular formula is C17H18FN3O2S. The van der Waals surface area contributed by atoms with Gasteiger partial charge in [-0.05, 0) is 31.0 Å². The third-order valence-electron chi connectivity index (χ3n) is 3.93. The number of nitrogens with zero attached hydrogens (tertiary/aromatic N) is 2. The summed E-state index contributed by atoms with van der Waals surface area (Å²) in [5, 5.41) is 5.34. The van der Waals surface area contributed by atoms with Crippen molar-refractivity contribution in [1.29, 1.82) is 0 Å². The Morgan fingerprint density at radius 1 is 1.42 bits per heavy atom. The topological polar surface area (TPSA) is 62.3 Å². The molecule has 1 fully saturated rings. The van der Waals surface area contributed by atoms with E-state index in [9.17, 15) is 14.0 Å². The molecule has 7 heteroatoms. The molecule has 5 nitrogen and oxygen atoms in total. The SMILES string of the molecule is CC(NC(=O)Cc1csc(N2CCCC2=O)n1)c1ccc(F)cc1. The number of hydrogen-bond acceptors (Lipinski definition) is 4. The molecule has 1 aliphatic rings. The van der Waals surface area contributed by atoms with Crippen LogP contribution >= 0.6 is 11.3 Å². The predicted octanol–water partition coefficient (Wildman–Crippen LogP) is 2.83. The molecule has 0 aliphatic carbocycles. The van der Waals surface area contributed by atoms with Crippen LogP contribution < -0.4 is 10.2 Å². The van der Waals surface area contributed by atoms with Crippen molar-refractivity contribution in [2.24, 2.45) is 0 Å². The smallest absolute Gasteiger partial charge is 0.228 e. The fourth-order valence-corrected chi connectivity index (χ4v) is 3.51. The number of hydrogen-bond donors (Lipinski definition) is 1. The van der Waals surface area contributed by atoms with Gasteiger partial charge >= 0.3 is 0 Å². The van der Waals surface area contributed by atoms with Crippen molar-refractivity contribution in [3.63, 3.8) is 0 Å². The van der Waals surface area contributed by atoms with Gasteiger partial charge in [-0.25, -0.2) is 9.37 Å². The Hall–Kier alpha value is -2.28. The Balaban J connectivity index is 1.58. The van der Waals surface area contributed by atoms with Gasteiger partial charge in [-0.15, -0.1) is 11.3 Å². The first-order valence-electron chi connectivity index (χ1n) is 7.82. The van der Waals surface area contributed by atoms with Gasteiger partial charge in [0.05, 0.1) is 18.2 Å². The van der Waals surface area contributed by atoms with Gasteiger partial charge in [-0.1, -0.05) is 12.1 Å². The van der Waals surface area contributed by atoms with Gasteiger partial charge in [0, 0.05) is 18.3 Å². The molecule has 2 amide bonds. The van der Waals surface area contributed by atoms with E-state index in [-0.39, 0.29) is 30.1 Å². The highest BCUT2D eigenvalue weighted by molar-refractivity contribution is 7.14. The summed E-state index contributed by atoms with van der Waals surface area (Å²) >= 11 is 1.38. The van der Waals surface area contributed by atoms with E-state index in [1.807, 2.05) is 12.3 Å². The summed E-state index contributed by atoms with van der Waals surface area (Å²) in [7, 11) is 0. The highest BCUT2D eigenvalue weighted by Crippen LogP contribution is 2.25. The molecule has 3 rings (SSSR count). The molecule has 126 valence electrons. The summed E-state index contributed by atoms with van der Waals surface area (Å²) in [6, 6.07) is 5.84. The van der Waals surface area contributed by atoms with Crippen molar-refractivity contribution in [2.75, 3.05) is 11.4 Å². The minimum atomic E-state index is -0.302. The number of thiazole rings is 1. The summed E-state index contributed by atoms with van der Waals surface area (Å²) in [6.45, 7) is 2.54. The Bertz CT molecular complexity index is 745. The zero-order chi connectivity index (χ0) is 17.1. The van der Waals surface area contributed by atoms with Crippen molar-refractivity contribution in [1.82, 2.24) is 10.3 Å². The maximum Gasteiger partial charge on any atom is 0.228 e. The van der Waals surface area contributed by atoms with Crippen LogP contribution in [0.25, 0.3) is 0 Å². The summed E-state index contributed by atoms with van der Waals surface area (Å²) in [6.07, 6.45) is 1.57. The molecule has 0 spiro atoms. The van der Waals surface area contributed by atoms with Gasteiger partial charge in [0.15, 0.2) is 5.13 Å². The molecule has 2 heterocycles. The van der Waals surface area contributed by atoms with Gasteiger partial charge in [-0.2, -0.15) is 0 Å². The first kappa shape index (κ1) is 16.6. The predicted molar refractivity (Wildman–Crippen MR) is 90.4 cm³/mol. The van der Waals surface area contributed by atoms with Gasteiger partial charge < -0.3 is 5.32 Å². The summed E-state index contributed by atoms with van der Waals surface area (Å²) in [5.74, 6) is -0.370. The van der Waals surface area contributed by atoms with E-state index >= 15 is 0 Å². The third kappa shape index (κ3) is 3.79. The van der Waals surface area contributed by atoms with Gasteiger partial charge in [-0.3, -0.25) is 14.5 Å². The third-order valence-corrected chi connectivity index (χ3v) is 4.85. The number of anilines is 1. The summed E-state index contributed by atoms with van der Waals surface area (Å²) < 4.78 is 12.9. The van der Waals surface area contributed by atoms with Crippen LogP contribution in [0.15, 0.2) is 29.6 Å². The fraction of sp³-hybridized carbons (Fsp3) is 0.353. The molecule has 2 aromatic rings. The van der Waals surface area contributed by atoms with Crippen LogP contribution in [0, 0.1) is 5.82 Å². The number of benzene rings is 1. The minimum absolute atomic E-state index is 0.0882. The average Bonchev–Trinajstić information content (AvgIpc) is 3.16. The lowest BCUT2D eigenvalue weighted by Gasteiger charge is -2.14. The van der Waals surface area contributed by atoms with Crippen LogP contribution in [-0.2, 0) is 16.0 Å². The molecule has 0 bridgehead atoms. The largest absolute Gasteiger partial charge is 0.349 e. The Kier molecular flexibility index (Phi) is 4.89. The molecular weight excluding hydrogens is 329 g/mol. The summed E-state index contributed by atoms with van der Waals surface area (Å²) in [4.78, 5) is 29.9. The van der Waals surface area contributed by atoms with Crippen molar-refractivity contribution in [3.05, 3.63) is 46.7 Å². The number of nitrogens with one attached hydrogen (secondary N) is 1. The second-order valence-electron chi connectivity index (χ2n) is 5.79. The number of amides is 2. The van der Waals surface area contributed by atoms with Crippen molar-refractivity contribution in [3.8, 4) is 0 Å². The van der Waals surface area contributed by atoms with E-state index < -0.39 is 0 Å².